The molecule has 3 aromatic rings. The third-order valence-electron chi connectivity index (χ3n) is 7.33. The van der Waals surface area contributed by atoms with E-state index in [4.69, 9.17) is 32.7 Å². The monoisotopic (exact) mass is 578 g/mol. The molecule has 3 aromatic carbocycles. The second kappa shape index (κ2) is 13.0. The number of nitriles is 1. The summed E-state index contributed by atoms with van der Waals surface area (Å²) in [6.45, 7) is 2.90. The van der Waals surface area contributed by atoms with Gasteiger partial charge in [0.1, 0.15) is 0 Å². The van der Waals surface area contributed by atoms with Crippen LogP contribution in [0.25, 0.3) is 0 Å². The van der Waals surface area contributed by atoms with E-state index in [2.05, 4.69) is 6.07 Å². The van der Waals surface area contributed by atoms with Gasteiger partial charge < -0.3 is 9.47 Å². The molecule has 0 N–H and O–H groups in total. The van der Waals surface area contributed by atoms with Gasteiger partial charge in [-0.05, 0) is 62.2 Å². The summed E-state index contributed by atoms with van der Waals surface area (Å²) >= 11 is 13.1. The van der Waals surface area contributed by atoms with E-state index >= 15 is 0 Å². The van der Waals surface area contributed by atoms with E-state index in [0.29, 0.717) is 39.7 Å². The zero-order chi connectivity index (χ0) is 28.8. The Hall–Kier alpha value is -3.21. The van der Waals surface area contributed by atoms with E-state index in [1.54, 1.807) is 42.5 Å². The van der Waals surface area contributed by atoms with Crippen molar-refractivity contribution in [1.29, 1.82) is 5.26 Å². The molecular formula is C32H32Cl2N2O4. The zero-order valence-corrected chi connectivity index (χ0v) is 24.2. The lowest BCUT2D eigenvalue weighted by Gasteiger charge is -2.44. The van der Waals surface area contributed by atoms with Gasteiger partial charge in [-0.15, -0.1) is 0 Å². The van der Waals surface area contributed by atoms with E-state index < -0.39 is 5.72 Å². The maximum absolute atomic E-state index is 12.4. The maximum Gasteiger partial charge on any atom is 0.305 e. The fourth-order valence-electron chi connectivity index (χ4n) is 4.84. The molecule has 4 rings (SSSR count). The van der Waals surface area contributed by atoms with Crippen molar-refractivity contribution >= 4 is 35.5 Å². The molecule has 1 saturated carbocycles. The Morgan fingerprint density at radius 2 is 1.77 bits per heavy atom. The summed E-state index contributed by atoms with van der Waals surface area (Å²) < 4.78 is 12.5. The topological polar surface area (TPSA) is 79.6 Å². The molecule has 0 saturated heterocycles. The molecule has 0 aliphatic heterocycles. The second-order valence-electron chi connectivity index (χ2n) is 10.3. The lowest BCUT2D eigenvalue weighted by molar-refractivity contribution is -0.157. The minimum absolute atomic E-state index is 0.218. The summed E-state index contributed by atoms with van der Waals surface area (Å²) in [5.41, 5.74) is 1.54. The minimum Gasteiger partial charge on any atom is -0.465 e. The third-order valence-corrected chi connectivity index (χ3v) is 7.89. The van der Waals surface area contributed by atoms with Crippen molar-refractivity contribution in [3.8, 4) is 6.07 Å². The van der Waals surface area contributed by atoms with Gasteiger partial charge in [0, 0.05) is 45.1 Å². The average Bonchev–Trinajstić information content (AvgIpc) is 3.74. The first-order valence-corrected chi connectivity index (χ1v) is 14.0. The fraction of sp³-hybridized carbons (Fsp3) is 0.344. The molecule has 1 aliphatic rings. The van der Waals surface area contributed by atoms with Crippen molar-refractivity contribution in [3.63, 3.8) is 0 Å². The number of hydrogen-bond acceptors (Lipinski definition) is 6. The van der Waals surface area contributed by atoms with E-state index in [9.17, 15) is 14.9 Å². The molecule has 40 heavy (non-hydrogen) atoms. The zero-order valence-electron chi connectivity index (χ0n) is 22.7. The van der Waals surface area contributed by atoms with Crippen LogP contribution in [0.4, 0.5) is 0 Å². The van der Waals surface area contributed by atoms with Gasteiger partial charge in [-0.3, -0.25) is 14.5 Å². The summed E-state index contributed by atoms with van der Waals surface area (Å²) in [7, 11) is 1.91. The van der Waals surface area contributed by atoms with E-state index in [1.807, 2.05) is 43.1 Å². The predicted octanol–water partition coefficient (Wildman–Crippen LogP) is 7.15. The van der Waals surface area contributed by atoms with Crippen molar-refractivity contribution in [2.24, 2.45) is 5.41 Å². The van der Waals surface area contributed by atoms with Crippen molar-refractivity contribution in [2.75, 3.05) is 20.3 Å². The van der Waals surface area contributed by atoms with E-state index in [-0.39, 0.29) is 24.6 Å². The van der Waals surface area contributed by atoms with Gasteiger partial charge in [-0.2, -0.15) is 5.26 Å². The molecule has 208 valence electrons. The lowest BCUT2D eigenvalue weighted by Crippen LogP contribution is -2.49. The van der Waals surface area contributed by atoms with Crippen LogP contribution in [0.1, 0.15) is 65.2 Å². The van der Waals surface area contributed by atoms with Crippen LogP contribution in [0.5, 0.6) is 0 Å². The minimum atomic E-state index is -1.30. The number of hydrogen-bond donors (Lipinski definition) is 0. The van der Waals surface area contributed by atoms with Crippen LogP contribution in [0.2, 0.25) is 10.0 Å². The molecule has 0 aromatic heterocycles. The third kappa shape index (κ3) is 6.56. The molecule has 1 unspecified atom stereocenters. The number of carbonyl (C=O) groups excluding carboxylic acids is 2. The number of nitrogens with zero attached hydrogens (tertiary/aromatic N) is 2. The standard InChI is InChI=1S/C32H32Cl2N2O4/c1-3-5-29(38)39-21-31(16-17-31)22-40-32(26-12-14-27(33)15-13-26,30-25(20-37)6-4-7-28(30)34)36(2)19-24-10-8-23(18-35)9-11-24/h4,6-15,20H,3,5,16-17,19,21-22H2,1-2H3. The Balaban J connectivity index is 1.81. The van der Waals surface area contributed by atoms with Crippen LogP contribution in [0, 0.1) is 16.7 Å². The first-order chi connectivity index (χ1) is 19.3. The van der Waals surface area contributed by atoms with Crippen LogP contribution in [0.15, 0.2) is 66.7 Å². The molecule has 0 radical (unpaired) electrons. The average molecular weight is 580 g/mol. The van der Waals surface area contributed by atoms with Gasteiger partial charge in [-0.25, -0.2) is 0 Å². The Morgan fingerprint density at radius 3 is 2.38 bits per heavy atom. The number of ether oxygens (including phenoxy) is 2. The van der Waals surface area contributed by atoms with E-state index in [1.165, 1.54) is 0 Å². The quantitative estimate of drug-likeness (QED) is 0.122. The normalized spacial score (nSPS) is 15.2. The highest BCUT2D eigenvalue weighted by atomic mass is 35.5. The number of benzene rings is 3. The molecule has 0 bridgehead atoms. The van der Waals surface area contributed by atoms with Crippen LogP contribution in [-0.2, 0) is 26.5 Å². The van der Waals surface area contributed by atoms with Crippen molar-refractivity contribution < 1.29 is 19.1 Å². The molecule has 1 aliphatic carbocycles. The van der Waals surface area contributed by atoms with Gasteiger partial charge in [0.25, 0.3) is 0 Å². The van der Waals surface area contributed by atoms with Gasteiger partial charge >= 0.3 is 5.97 Å². The molecule has 0 amide bonds. The number of aldehydes is 1. The first kappa shape index (κ1) is 29.8. The maximum atomic E-state index is 12.4. The number of rotatable bonds is 13. The van der Waals surface area contributed by atoms with Crippen LogP contribution in [0.3, 0.4) is 0 Å². The molecule has 1 fully saturated rings. The predicted molar refractivity (Wildman–Crippen MR) is 155 cm³/mol. The van der Waals surface area contributed by atoms with Crippen LogP contribution >= 0.6 is 23.2 Å². The number of carbonyl (C=O) groups is 2. The smallest absolute Gasteiger partial charge is 0.305 e. The molecular weight excluding hydrogens is 547 g/mol. The van der Waals surface area contributed by atoms with Crippen molar-refractivity contribution in [1.82, 2.24) is 4.90 Å². The Labute approximate surface area is 245 Å². The Morgan fingerprint density at radius 1 is 1.07 bits per heavy atom. The second-order valence-corrected chi connectivity index (χ2v) is 11.2. The van der Waals surface area contributed by atoms with Crippen molar-refractivity contribution in [2.45, 2.75) is 44.9 Å². The largest absolute Gasteiger partial charge is 0.465 e. The fourth-order valence-corrected chi connectivity index (χ4v) is 5.27. The first-order valence-electron chi connectivity index (χ1n) is 13.3. The van der Waals surface area contributed by atoms with Crippen LogP contribution < -0.4 is 0 Å². The van der Waals surface area contributed by atoms with Gasteiger partial charge in [0.15, 0.2) is 12.0 Å². The molecule has 1 atom stereocenters. The lowest BCUT2D eigenvalue weighted by atomic mass is 9.88. The Kier molecular flexibility index (Phi) is 9.65. The van der Waals surface area contributed by atoms with Gasteiger partial charge in [0.2, 0.25) is 0 Å². The van der Waals surface area contributed by atoms with E-state index in [0.717, 1.165) is 36.7 Å². The SMILES string of the molecule is CCCC(=O)OCC1(COC(c2ccc(Cl)cc2)(c2c(Cl)cccc2C=O)N(C)Cc2ccc(C#N)cc2)CC1. The molecule has 0 spiro atoms. The number of esters is 1. The highest BCUT2D eigenvalue weighted by Crippen LogP contribution is 2.50. The molecule has 0 heterocycles. The summed E-state index contributed by atoms with van der Waals surface area (Å²) in [5, 5.41) is 10.2. The highest BCUT2D eigenvalue weighted by molar-refractivity contribution is 6.32. The highest BCUT2D eigenvalue weighted by Gasteiger charge is 2.50. The molecule has 8 heteroatoms. The summed E-state index contributed by atoms with van der Waals surface area (Å²) in [6, 6.07) is 22.0. The van der Waals surface area contributed by atoms with Crippen LogP contribution in [-0.4, -0.2) is 37.4 Å². The Bertz CT molecular complexity index is 1380. The summed E-state index contributed by atoms with van der Waals surface area (Å²) in [4.78, 5) is 26.5. The summed E-state index contributed by atoms with van der Waals surface area (Å²) in [5.74, 6) is -0.218. The number of halogens is 2. The molecule has 6 nitrogen and oxygen atoms in total. The summed E-state index contributed by atoms with van der Waals surface area (Å²) in [6.07, 6.45) is 3.59. The van der Waals surface area contributed by atoms with Gasteiger partial charge in [-0.1, -0.05) is 66.5 Å². The van der Waals surface area contributed by atoms with Crippen molar-refractivity contribution in [3.05, 3.63) is 105 Å². The van der Waals surface area contributed by atoms with Gasteiger partial charge in [0.05, 0.1) is 24.8 Å².